The van der Waals surface area contributed by atoms with Crippen molar-refractivity contribution >= 4 is 5.97 Å². The van der Waals surface area contributed by atoms with Crippen molar-refractivity contribution in [2.45, 2.75) is 25.9 Å². The van der Waals surface area contributed by atoms with Gasteiger partial charge < -0.3 is 15.5 Å². The van der Waals surface area contributed by atoms with E-state index in [1.165, 1.54) is 6.07 Å². The van der Waals surface area contributed by atoms with Crippen LogP contribution in [-0.2, 0) is 6.54 Å². The van der Waals surface area contributed by atoms with Gasteiger partial charge in [0.25, 0.3) is 0 Å². The molecule has 0 atom stereocenters. The van der Waals surface area contributed by atoms with Crippen molar-refractivity contribution in [3.8, 4) is 0 Å². The first kappa shape index (κ1) is 12.6. The van der Waals surface area contributed by atoms with Crippen LogP contribution in [0.2, 0.25) is 0 Å². The van der Waals surface area contributed by atoms with Gasteiger partial charge in [0.2, 0.25) is 0 Å². The Balaban J connectivity index is 2.68. The molecule has 88 valence electrons. The van der Waals surface area contributed by atoms with Crippen molar-refractivity contribution in [1.82, 2.24) is 10.3 Å². The Morgan fingerprint density at radius 1 is 1.50 bits per heavy atom. The van der Waals surface area contributed by atoms with Crippen molar-refractivity contribution in [3.63, 3.8) is 0 Å². The maximum absolute atomic E-state index is 10.7. The lowest BCUT2D eigenvalue weighted by molar-refractivity contribution is 0.0690. The van der Waals surface area contributed by atoms with Gasteiger partial charge in [-0.05, 0) is 26.0 Å². The summed E-state index contributed by atoms with van der Waals surface area (Å²) in [4.78, 5) is 14.7. The predicted molar refractivity (Wildman–Crippen MR) is 59.2 cm³/mol. The monoisotopic (exact) mass is 224 g/mol. The number of carboxylic acid groups (broad SMARTS) is 1. The summed E-state index contributed by atoms with van der Waals surface area (Å²) in [6.07, 6.45) is 0. The van der Waals surface area contributed by atoms with Gasteiger partial charge in [-0.3, -0.25) is 0 Å². The van der Waals surface area contributed by atoms with Gasteiger partial charge in [0.1, 0.15) is 5.69 Å². The first-order chi connectivity index (χ1) is 7.44. The number of hydrogen-bond donors (Lipinski definition) is 3. The average Bonchev–Trinajstić information content (AvgIpc) is 2.27. The highest BCUT2D eigenvalue weighted by atomic mass is 16.4. The van der Waals surface area contributed by atoms with Crippen molar-refractivity contribution in [2.75, 3.05) is 6.61 Å². The van der Waals surface area contributed by atoms with Crippen molar-refractivity contribution in [3.05, 3.63) is 29.6 Å². The van der Waals surface area contributed by atoms with Gasteiger partial charge in [-0.1, -0.05) is 6.07 Å². The first-order valence-electron chi connectivity index (χ1n) is 5.00. The number of nitrogens with zero attached hydrogens (tertiary/aromatic N) is 1. The second kappa shape index (κ2) is 5.05. The SMILES string of the molecule is CC(C)(CO)NCc1cccc(C(=O)O)n1. The molecular weight excluding hydrogens is 208 g/mol. The van der Waals surface area contributed by atoms with E-state index in [2.05, 4.69) is 10.3 Å². The molecule has 0 saturated carbocycles. The van der Waals surface area contributed by atoms with Crippen molar-refractivity contribution < 1.29 is 15.0 Å². The fourth-order valence-corrected chi connectivity index (χ4v) is 1.08. The molecule has 1 heterocycles. The number of carbonyl (C=O) groups is 1. The molecule has 0 amide bonds. The molecule has 1 rings (SSSR count). The molecule has 0 spiro atoms. The minimum Gasteiger partial charge on any atom is -0.477 e. The zero-order valence-electron chi connectivity index (χ0n) is 9.40. The van der Waals surface area contributed by atoms with Crippen LogP contribution in [0.5, 0.6) is 0 Å². The first-order valence-corrected chi connectivity index (χ1v) is 5.00. The smallest absolute Gasteiger partial charge is 0.354 e. The number of aromatic nitrogens is 1. The molecule has 0 bridgehead atoms. The quantitative estimate of drug-likeness (QED) is 0.683. The van der Waals surface area contributed by atoms with E-state index in [1.807, 2.05) is 13.8 Å². The van der Waals surface area contributed by atoms with Gasteiger partial charge in [-0.25, -0.2) is 9.78 Å². The number of carboxylic acids is 1. The molecule has 0 unspecified atom stereocenters. The van der Waals surface area contributed by atoms with Crippen LogP contribution in [-0.4, -0.2) is 33.3 Å². The van der Waals surface area contributed by atoms with Crippen LogP contribution >= 0.6 is 0 Å². The fourth-order valence-electron chi connectivity index (χ4n) is 1.08. The summed E-state index contributed by atoms with van der Waals surface area (Å²) in [6.45, 7) is 4.14. The molecule has 0 aliphatic rings. The lowest BCUT2D eigenvalue weighted by atomic mass is 10.1. The minimum absolute atomic E-state index is 0.00558. The third kappa shape index (κ3) is 3.60. The van der Waals surface area contributed by atoms with Gasteiger partial charge >= 0.3 is 5.97 Å². The van der Waals surface area contributed by atoms with Crippen molar-refractivity contribution in [1.29, 1.82) is 0 Å². The van der Waals surface area contributed by atoms with E-state index in [-0.39, 0.29) is 12.3 Å². The van der Waals surface area contributed by atoms with Crippen LogP contribution in [0.4, 0.5) is 0 Å². The number of pyridine rings is 1. The van der Waals surface area contributed by atoms with Crippen LogP contribution in [0.1, 0.15) is 30.0 Å². The predicted octanol–water partition coefficient (Wildman–Crippen LogP) is 0.640. The molecular formula is C11H16N2O3. The Morgan fingerprint density at radius 2 is 2.19 bits per heavy atom. The van der Waals surface area contributed by atoms with Crippen LogP contribution in [0.3, 0.4) is 0 Å². The molecule has 0 radical (unpaired) electrons. The molecule has 0 aliphatic heterocycles. The molecule has 0 saturated heterocycles. The van der Waals surface area contributed by atoms with E-state index in [9.17, 15) is 4.79 Å². The maximum atomic E-state index is 10.7. The Hall–Kier alpha value is -1.46. The normalized spacial score (nSPS) is 11.4. The van der Waals surface area contributed by atoms with E-state index in [0.717, 1.165) is 0 Å². The lowest BCUT2D eigenvalue weighted by Crippen LogP contribution is -2.42. The van der Waals surface area contributed by atoms with Crippen LogP contribution in [0, 0.1) is 0 Å². The van der Waals surface area contributed by atoms with E-state index < -0.39 is 11.5 Å². The number of hydrogen-bond acceptors (Lipinski definition) is 4. The molecule has 16 heavy (non-hydrogen) atoms. The highest BCUT2D eigenvalue weighted by Crippen LogP contribution is 2.04. The van der Waals surface area contributed by atoms with Gasteiger partial charge in [0, 0.05) is 12.1 Å². The van der Waals surface area contributed by atoms with Crippen molar-refractivity contribution in [2.24, 2.45) is 0 Å². The standard InChI is InChI=1S/C11H16N2O3/c1-11(2,7-14)12-6-8-4-3-5-9(13-8)10(15)16/h3-5,12,14H,6-7H2,1-2H3,(H,15,16). The number of aliphatic hydroxyl groups excluding tert-OH is 1. The van der Waals surface area contributed by atoms with E-state index in [1.54, 1.807) is 12.1 Å². The Kier molecular flexibility index (Phi) is 3.98. The average molecular weight is 224 g/mol. The van der Waals surface area contributed by atoms with E-state index in [4.69, 9.17) is 10.2 Å². The summed E-state index contributed by atoms with van der Waals surface area (Å²) >= 11 is 0. The third-order valence-electron chi connectivity index (χ3n) is 2.17. The molecule has 0 aliphatic carbocycles. The molecule has 1 aromatic rings. The summed E-state index contributed by atoms with van der Waals surface area (Å²) in [7, 11) is 0. The van der Waals surface area contributed by atoms with E-state index >= 15 is 0 Å². The third-order valence-corrected chi connectivity index (χ3v) is 2.17. The lowest BCUT2D eigenvalue weighted by Gasteiger charge is -2.23. The summed E-state index contributed by atoms with van der Waals surface area (Å²) < 4.78 is 0. The number of aliphatic hydroxyl groups is 1. The largest absolute Gasteiger partial charge is 0.477 e. The van der Waals surface area contributed by atoms with Gasteiger partial charge in [0.05, 0.1) is 12.3 Å². The zero-order chi connectivity index (χ0) is 12.2. The van der Waals surface area contributed by atoms with Crippen LogP contribution < -0.4 is 5.32 Å². The summed E-state index contributed by atoms with van der Waals surface area (Å²) in [6, 6.07) is 4.84. The molecule has 1 aromatic heterocycles. The maximum Gasteiger partial charge on any atom is 0.354 e. The molecule has 0 aromatic carbocycles. The number of aromatic carboxylic acids is 1. The zero-order valence-corrected chi connectivity index (χ0v) is 9.40. The van der Waals surface area contributed by atoms with Crippen LogP contribution in [0.15, 0.2) is 18.2 Å². The van der Waals surface area contributed by atoms with Crippen LogP contribution in [0.25, 0.3) is 0 Å². The summed E-state index contributed by atoms with van der Waals surface area (Å²) in [5, 5.41) is 20.9. The van der Waals surface area contributed by atoms with Gasteiger partial charge in [-0.2, -0.15) is 0 Å². The second-order valence-electron chi connectivity index (χ2n) is 4.21. The topological polar surface area (TPSA) is 82.5 Å². The highest BCUT2D eigenvalue weighted by molar-refractivity contribution is 5.85. The Morgan fingerprint density at radius 3 is 2.75 bits per heavy atom. The van der Waals surface area contributed by atoms with E-state index in [0.29, 0.717) is 12.2 Å². The number of nitrogens with one attached hydrogen (secondary N) is 1. The number of rotatable bonds is 5. The molecule has 3 N–H and O–H groups in total. The Labute approximate surface area is 94.1 Å². The summed E-state index contributed by atoms with van der Waals surface area (Å²) in [5.41, 5.74) is 0.267. The Bertz CT molecular complexity index is 377. The molecule has 5 nitrogen and oxygen atoms in total. The van der Waals surface area contributed by atoms with Gasteiger partial charge in [-0.15, -0.1) is 0 Å². The fraction of sp³-hybridized carbons (Fsp3) is 0.455. The summed E-state index contributed by atoms with van der Waals surface area (Å²) in [5.74, 6) is -1.04. The highest BCUT2D eigenvalue weighted by Gasteiger charge is 2.15. The molecule has 0 fully saturated rings. The van der Waals surface area contributed by atoms with Gasteiger partial charge in [0.15, 0.2) is 0 Å². The second-order valence-corrected chi connectivity index (χ2v) is 4.21. The minimum atomic E-state index is -1.04. The molecule has 5 heteroatoms.